The lowest BCUT2D eigenvalue weighted by Gasteiger charge is -2.27. The highest BCUT2D eigenvalue weighted by Crippen LogP contribution is 2.29. The number of hydrogen-bond donors (Lipinski definition) is 0. The molecule has 1 amide bonds. The maximum atomic E-state index is 13.2. The Hall–Kier alpha value is -2.58. The third-order valence-electron chi connectivity index (χ3n) is 5.75. The Morgan fingerprint density at radius 3 is 2.21 bits per heavy atom. The van der Waals surface area contributed by atoms with E-state index in [0.29, 0.717) is 31.5 Å². The molecule has 0 aromatic heterocycles. The molecule has 2 aromatic carbocycles. The topological polar surface area (TPSA) is 70.2 Å². The Balaban J connectivity index is 2.31. The molecular weight excluding hydrogens is 450 g/mol. The van der Waals surface area contributed by atoms with Crippen LogP contribution in [0, 0.1) is 0 Å². The minimum Gasteiger partial charge on any atom is -0.382 e. The van der Waals surface area contributed by atoms with Crippen LogP contribution >= 0.6 is 0 Å². The van der Waals surface area contributed by atoms with Gasteiger partial charge in [0.15, 0.2) is 0 Å². The molecule has 2 rings (SSSR count). The fourth-order valence-electron chi connectivity index (χ4n) is 3.60. The maximum absolute atomic E-state index is 13.2. The van der Waals surface area contributed by atoms with Gasteiger partial charge in [0.05, 0.1) is 5.75 Å². The summed E-state index contributed by atoms with van der Waals surface area (Å²) >= 11 is 0. The van der Waals surface area contributed by atoms with Crippen LogP contribution in [0.2, 0.25) is 0 Å². The van der Waals surface area contributed by atoms with Gasteiger partial charge in [-0.05, 0) is 52.9 Å². The zero-order chi connectivity index (χ0) is 25.1. The largest absolute Gasteiger partial charge is 0.382 e. The number of rotatable bonds is 14. The van der Waals surface area contributed by atoms with Gasteiger partial charge in [0, 0.05) is 56.5 Å². The van der Waals surface area contributed by atoms with E-state index in [-0.39, 0.29) is 24.0 Å². The van der Waals surface area contributed by atoms with E-state index < -0.39 is 10.1 Å². The third-order valence-corrected chi connectivity index (χ3v) is 6.89. The fraction of sp³-hybridized carbons (Fsp3) is 0.500. The van der Waals surface area contributed by atoms with Gasteiger partial charge in [-0.3, -0.25) is 4.79 Å². The molecule has 188 valence electrons. The average molecular weight is 490 g/mol. The van der Waals surface area contributed by atoms with E-state index in [2.05, 4.69) is 18.7 Å². The number of benzene rings is 2. The highest BCUT2D eigenvalue weighted by atomic mass is 32.2. The third kappa shape index (κ3) is 8.65. The number of aryl methyl sites for hydroxylation is 1. The Bertz CT molecular complexity index is 1010. The van der Waals surface area contributed by atoms with Gasteiger partial charge < -0.3 is 18.9 Å². The van der Waals surface area contributed by atoms with Crippen LogP contribution in [0.1, 0.15) is 38.3 Å². The SMILES string of the molecule is CCN(CC)c1ccc(CN(CCN(C)C)C(=O)CCc2ccccc2)c(OS(=O)(=O)CC)c1. The van der Waals surface area contributed by atoms with Gasteiger partial charge >= 0.3 is 10.1 Å². The highest BCUT2D eigenvalue weighted by molar-refractivity contribution is 7.87. The predicted octanol–water partition coefficient (Wildman–Crippen LogP) is 3.78. The van der Waals surface area contributed by atoms with Crippen molar-refractivity contribution in [1.82, 2.24) is 9.80 Å². The number of hydrogen-bond acceptors (Lipinski definition) is 6. The molecule has 0 heterocycles. The number of anilines is 1. The minimum absolute atomic E-state index is 0.0304. The summed E-state index contributed by atoms with van der Waals surface area (Å²) in [5.41, 5.74) is 2.69. The molecule has 0 spiro atoms. The second-order valence-electron chi connectivity index (χ2n) is 8.50. The molecule has 0 aliphatic rings. The van der Waals surface area contributed by atoms with Crippen molar-refractivity contribution in [3.05, 3.63) is 59.7 Å². The van der Waals surface area contributed by atoms with Crippen LogP contribution in [0.5, 0.6) is 5.75 Å². The molecule has 0 atom stereocenters. The molecule has 0 fully saturated rings. The molecule has 0 unspecified atom stereocenters. The van der Waals surface area contributed by atoms with E-state index in [0.717, 1.165) is 24.3 Å². The lowest BCUT2D eigenvalue weighted by atomic mass is 10.1. The van der Waals surface area contributed by atoms with Crippen LogP contribution < -0.4 is 9.08 Å². The summed E-state index contributed by atoms with van der Waals surface area (Å²) in [7, 11) is 0.223. The summed E-state index contributed by atoms with van der Waals surface area (Å²) in [5.74, 6) is 0.197. The normalized spacial score (nSPS) is 11.5. The Labute approximate surface area is 205 Å². The van der Waals surface area contributed by atoms with Gasteiger partial charge in [-0.25, -0.2) is 0 Å². The van der Waals surface area contributed by atoms with Gasteiger partial charge in [0.25, 0.3) is 0 Å². The first-order valence-corrected chi connectivity index (χ1v) is 13.5. The van der Waals surface area contributed by atoms with E-state index in [1.807, 2.05) is 61.5 Å². The summed E-state index contributed by atoms with van der Waals surface area (Å²) in [6.45, 7) is 8.78. The summed E-state index contributed by atoms with van der Waals surface area (Å²) in [6.07, 6.45) is 1.05. The molecule has 0 bridgehead atoms. The lowest BCUT2D eigenvalue weighted by Crippen LogP contribution is -2.36. The monoisotopic (exact) mass is 489 g/mol. The van der Waals surface area contributed by atoms with Crippen molar-refractivity contribution < 1.29 is 17.4 Å². The number of carbonyl (C=O) groups excluding carboxylic acids is 1. The van der Waals surface area contributed by atoms with Crippen molar-refractivity contribution in [2.24, 2.45) is 0 Å². The predicted molar refractivity (Wildman–Crippen MR) is 139 cm³/mol. The van der Waals surface area contributed by atoms with Crippen LogP contribution in [0.4, 0.5) is 5.69 Å². The summed E-state index contributed by atoms with van der Waals surface area (Å²) in [5, 5.41) is 0. The van der Waals surface area contributed by atoms with Crippen LogP contribution in [-0.2, 0) is 27.9 Å². The molecule has 0 aliphatic carbocycles. The number of amides is 1. The van der Waals surface area contributed by atoms with Crippen molar-refractivity contribution in [3.63, 3.8) is 0 Å². The van der Waals surface area contributed by atoms with Crippen molar-refractivity contribution in [2.45, 2.75) is 40.2 Å². The molecular formula is C26H39N3O4S. The summed E-state index contributed by atoms with van der Waals surface area (Å²) < 4.78 is 30.1. The van der Waals surface area contributed by atoms with Crippen LogP contribution in [-0.4, -0.2) is 70.2 Å². The van der Waals surface area contributed by atoms with E-state index in [1.165, 1.54) is 0 Å². The summed E-state index contributed by atoms with van der Waals surface area (Å²) in [4.78, 5) is 19.1. The van der Waals surface area contributed by atoms with Crippen LogP contribution in [0.15, 0.2) is 48.5 Å². The molecule has 0 aliphatic heterocycles. The minimum atomic E-state index is -3.71. The first kappa shape index (κ1) is 27.7. The van der Waals surface area contributed by atoms with Gasteiger partial charge in [-0.1, -0.05) is 36.4 Å². The van der Waals surface area contributed by atoms with Gasteiger partial charge in [0.2, 0.25) is 5.91 Å². The zero-order valence-corrected chi connectivity index (χ0v) is 22.0. The number of likely N-dealkylation sites (N-methyl/N-ethyl adjacent to an activating group) is 1. The van der Waals surface area contributed by atoms with Crippen LogP contribution in [0.25, 0.3) is 0 Å². The first-order valence-electron chi connectivity index (χ1n) is 12.0. The van der Waals surface area contributed by atoms with Crippen molar-refractivity contribution in [2.75, 3.05) is 50.9 Å². The van der Waals surface area contributed by atoms with Gasteiger partial charge in [0.1, 0.15) is 5.75 Å². The molecule has 8 heteroatoms. The second kappa shape index (κ2) is 13.3. The first-order chi connectivity index (χ1) is 16.2. The van der Waals surface area contributed by atoms with E-state index in [4.69, 9.17) is 4.18 Å². The molecule has 0 N–H and O–H groups in total. The quantitative estimate of drug-likeness (QED) is 0.376. The molecule has 0 radical (unpaired) electrons. The molecule has 34 heavy (non-hydrogen) atoms. The standard InChI is InChI=1S/C26H39N3O4S/c1-6-28(7-2)24-16-15-23(25(20-24)33-34(31,32)8-3)21-29(19-18-27(4)5)26(30)17-14-22-12-10-9-11-13-22/h9-13,15-16,20H,6-8,14,17-19,21H2,1-5H3. The Kier molecular flexibility index (Phi) is 10.9. The highest BCUT2D eigenvalue weighted by Gasteiger charge is 2.20. The molecule has 0 saturated heterocycles. The molecule has 2 aromatic rings. The smallest absolute Gasteiger partial charge is 0.308 e. The lowest BCUT2D eigenvalue weighted by molar-refractivity contribution is -0.132. The Morgan fingerprint density at radius 2 is 1.62 bits per heavy atom. The number of nitrogens with zero attached hydrogens (tertiary/aromatic N) is 3. The average Bonchev–Trinajstić information content (AvgIpc) is 2.82. The second-order valence-corrected chi connectivity index (χ2v) is 10.4. The van der Waals surface area contributed by atoms with Gasteiger partial charge in [-0.2, -0.15) is 8.42 Å². The number of carbonyl (C=O) groups is 1. The van der Waals surface area contributed by atoms with Crippen molar-refractivity contribution in [3.8, 4) is 5.75 Å². The zero-order valence-electron chi connectivity index (χ0n) is 21.2. The molecule has 7 nitrogen and oxygen atoms in total. The van der Waals surface area contributed by atoms with E-state index in [9.17, 15) is 13.2 Å². The fourth-order valence-corrected chi connectivity index (χ4v) is 4.15. The van der Waals surface area contributed by atoms with Crippen molar-refractivity contribution in [1.29, 1.82) is 0 Å². The van der Waals surface area contributed by atoms with Crippen LogP contribution in [0.3, 0.4) is 0 Å². The van der Waals surface area contributed by atoms with Crippen molar-refractivity contribution >= 4 is 21.7 Å². The van der Waals surface area contributed by atoms with Gasteiger partial charge in [-0.15, -0.1) is 0 Å². The van der Waals surface area contributed by atoms with E-state index in [1.54, 1.807) is 17.9 Å². The maximum Gasteiger partial charge on any atom is 0.308 e. The van der Waals surface area contributed by atoms with E-state index >= 15 is 0 Å². The molecule has 0 saturated carbocycles. The summed E-state index contributed by atoms with van der Waals surface area (Å²) in [6, 6.07) is 15.6. The Morgan fingerprint density at radius 1 is 0.941 bits per heavy atom.